The Hall–Kier alpha value is -3.83. The number of nitrogens with zero attached hydrogens (tertiary/aromatic N) is 4. The number of thiazole rings is 1. The van der Waals surface area contributed by atoms with Crippen molar-refractivity contribution in [3.63, 3.8) is 0 Å². The Morgan fingerprint density at radius 3 is 2.53 bits per heavy atom. The molecule has 1 fully saturated rings. The lowest BCUT2D eigenvalue weighted by molar-refractivity contribution is -0.147. The number of rotatable bonds is 9. The van der Waals surface area contributed by atoms with Crippen LogP contribution in [0, 0.1) is 5.92 Å². The minimum atomic E-state index is -0.523. The van der Waals surface area contributed by atoms with E-state index in [4.69, 9.17) is 9.47 Å². The van der Waals surface area contributed by atoms with Crippen LogP contribution in [0.3, 0.4) is 0 Å². The average Bonchev–Trinajstić information content (AvgIpc) is 3.39. The van der Waals surface area contributed by atoms with Crippen LogP contribution in [0.4, 0.5) is 5.13 Å². The van der Waals surface area contributed by atoms with E-state index in [1.54, 1.807) is 17.2 Å². The third-order valence-corrected chi connectivity index (χ3v) is 6.55. The second-order valence-corrected chi connectivity index (χ2v) is 10.3. The van der Waals surface area contributed by atoms with E-state index in [9.17, 15) is 14.4 Å². The second kappa shape index (κ2) is 12.6. The van der Waals surface area contributed by atoms with E-state index in [0.29, 0.717) is 35.2 Å². The number of hydrogen-bond acceptors (Lipinski definition) is 9. The normalized spacial score (nSPS) is 13.8. The first-order valence-corrected chi connectivity index (χ1v) is 13.3. The monoisotopic (exact) mass is 537 g/mol. The van der Waals surface area contributed by atoms with Gasteiger partial charge >= 0.3 is 5.97 Å². The average molecular weight is 538 g/mol. The molecule has 200 valence electrons. The lowest BCUT2D eigenvalue weighted by Gasteiger charge is -2.32. The van der Waals surface area contributed by atoms with Crippen molar-refractivity contribution in [3.05, 3.63) is 59.1 Å². The fraction of sp³-hybridized carbons (Fsp3) is 0.370. The van der Waals surface area contributed by atoms with E-state index in [-0.39, 0.29) is 36.4 Å². The molecule has 4 rings (SSSR count). The highest BCUT2D eigenvalue weighted by atomic mass is 32.1. The lowest BCUT2D eigenvalue weighted by Crippen LogP contribution is -2.47. The second-order valence-electron chi connectivity index (χ2n) is 9.41. The molecular weight excluding hydrogens is 506 g/mol. The van der Waals surface area contributed by atoms with Crippen LogP contribution in [0.25, 0.3) is 11.4 Å². The van der Waals surface area contributed by atoms with Gasteiger partial charge in [0.25, 0.3) is 11.8 Å². The van der Waals surface area contributed by atoms with Crippen LogP contribution in [-0.4, -0.2) is 84.0 Å². The highest BCUT2D eigenvalue weighted by Gasteiger charge is 2.23. The van der Waals surface area contributed by atoms with Gasteiger partial charge in [-0.15, -0.1) is 11.3 Å². The summed E-state index contributed by atoms with van der Waals surface area (Å²) < 4.78 is 10.8. The number of piperazine rings is 1. The predicted molar refractivity (Wildman–Crippen MR) is 144 cm³/mol. The number of esters is 1. The van der Waals surface area contributed by atoms with E-state index in [1.165, 1.54) is 23.5 Å². The Bertz CT molecular complexity index is 1270. The van der Waals surface area contributed by atoms with Gasteiger partial charge in [0.1, 0.15) is 11.4 Å². The molecule has 0 unspecified atom stereocenters. The van der Waals surface area contributed by atoms with Crippen molar-refractivity contribution < 1.29 is 23.9 Å². The Morgan fingerprint density at radius 1 is 1.05 bits per heavy atom. The molecule has 1 saturated heterocycles. The molecule has 1 N–H and O–H groups in total. The van der Waals surface area contributed by atoms with Crippen molar-refractivity contribution >= 4 is 34.3 Å². The number of carbonyl (C=O) groups is 3. The van der Waals surface area contributed by atoms with Crippen LogP contribution in [0.15, 0.2) is 48.0 Å². The SMILES string of the molecule is CC(C)COC(=O)COc1cc(C(=O)Nc2nc(-c3ccccn3)cs2)cc(C(=O)N2CCN(C)CC2)c1. The van der Waals surface area contributed by atoms with Gasteiger partial charge in [0.15, 0.2) is 11.7 Å². The molecule has 3 aromatic rings. The molecule has 0 aliphatic carbocycles. The maximum atomic E-state index is 13.3. The van der Waals surface area contributed by atoms with Gasteiger partial charge in [-0.3, -0.25) is 19.9 Å². The standard InChI is InChI=1S/C27H31N5O5S/c1-18(2)15-37-24(33)16-36-21-13-19(12-20(14-21)26(35)32-10-8-31(3)9-11-32)25(34)30-27-29-23(17-38-27)22-6-4-5-7-28-22/h4-7,12-14,17-18H,8-11,15-16H2,1-3H3,(H,29,30,34). The summed E-state index contributed by atoms with van der Waals surface area (Å²) in [5.41, 5.74) is 1.86. The summed E-state index contributed by atoms with van der Waals surface area (Å²) in [4.78, 5) is 51.2. The third kappa shape index (κ3) is 7.36. The molecule has 10 nitrogen and oxygen atoms in total. The van der Waals surface area contributed by atoms with Crippen LogP contribution < -0.4 is 10.1 Å². The van der Waals surface area contributed by atoms with Crippen molar-refractivity contribution in [2.45, 2.75) is 13.8 Å². The smallest absolute Gasteiger partial charge is 0.344 e. The summed E-state index contributed by atoms with van der Waals surface area (Å²) in [6, 6.07) is 10.1. The van der Waals surface area contributed by atoms with E-state index in [0.717, 1.165) is 13.1 Å². The minimum Gasteiger partial charge on any atom is -0.482 e. The van der Waals surface area contributed by atoms with Crippen LogP contribution >= 0.6 is 11.3 Å². The highest BCUT2D eigenvalue weighted by Crippen LogP contribution is 2.25. The summed E-state index contributed by atoms with van der Waals surface area (Å²) in [6.07, 6.45) is 1.68. The van der Waals surface area contributed by atoms with Crippen LogP contribution in [0.1, 0.15) is 34.6 Å². The van der Waals surface area contributed by atoms with Gasteiger partial charge in [0.05, 0.1) is 12.3 Å². The Balaban J connectivity index is 1.52. The number of nitrogens with one attached hydrogen (secondary N) is 1. The molecule has 1 aliphatic heterocycles. The van der Waals surface area contributed by atoms with Crippen molar-refractivity contribution in [2.75, 3.05) is 51.8 Å². The van der Waals surface area contributed by atoms with Crippen LogP contribution in [-0.2, 0) is 9.53 Å². The summed E-state index contributed by atoms with van der Waals surface area (Å²) in [7, 11) is 2.01. The number of likely N-dealkylation sites (N-methyl/N-ethyl adjacent to an activating group) is 1. The highest BCUT2D eigenvalue weighted by molar-refractivity contribution is 7.14. The molecule has 0 saturated carbocycles. The molecule has 1 aromatic carbocycles. The molecule has 2 amide bonds. The summed E-state index contributed by atoms with van der Waals surface area (Å²) >= 11 is 1.27. The Morgan fingerprint density at radius 2 is 1.82 bits per heavy atom. The molecule has 0 radical (unpaired) electrons. The van der Waals surface area contributed by atoms with Gasteiger partial charge in [-0.25, -0.2) is 9.78 Å². The van der Waals surface area contributed by atoms with Crippen LogP contribution in [0.2, 0.25) is 0 Å². The molecule has 1 aliphatic rings. The fourth-order valence-corrected chi connectivity index (χ4v) is 4.40. The maximum Gasteiger partial charge on any atom is 0.344 e. The molecular formula is C27H31N5O5S. The number of aromatic nitrogens is 2. The first kappa shape index (κ1) is 27.2. The van der Waals surface area contributed by atoms with Gasteiger partial charge in [-0.05, 0) is 43.3 Å². The Labute approximate surface area is 225 Å². The molecule has 0 atom stereocenters. The van der Waals surface area contributed by atoms with Gasteiger partial charge < -0.3 is 19.3 Å². The Kier molecular flexibility index (Phi) is 9.03. The number of anilines is 1. The molecule has 38 heavy (non-hydrogen) atoms. The first-order valence-electron chi connectivity index (χ1n) is 12.4. The zero-order valence-corrected chi connectivity index (χ0v) is 22.5. The van der Waals surface area contributed by atoms with E-state index < -0.39 is 11.9 Å². The van der Waals surface area contributed by atoms with E-state index >= 15 is 0 Å². The molecule has 11 heteroatoms. The van der Waals surface area contributed by atoms with Crippen molar-refractivity contribution in [1.29, 1.82) is 0 Å². The van der Waals surface area contributed by atoms with Crippen molar-refractivity contribution in [3.8, 4) is 17.1 Å². The number of ether oxygens (including phenoxy) is 2. The number of pyridine rings is 1. The maximum absolute atomic E-state index is 13.3. The quantitative estimate of drug-likeness (QED) is 0.413. The molecule has 0 spiro atoms. The lowest BCUT2D eigenvalue weighted by atomic mass is 10.1. The van der Waals surface area contributed by atoms with E-state index in [1.807, 2.05) is 44.5 Å². The number of benzene rings is 1. The minimum absolute atomic E-state index is 0.197. The number of carbonyl (C=O) groups excluding carboxylic acids is 3. The summed E-state index contributed by atoms with van der Waals surface area (Å²) in [6.45, 7) is 6.52. The van der Waals surface area contributed by atoms with Crippen molar-refractivity contribution in [1.82, 2.24) is 19.8 Å². The molecule has 2 aromatic heterocycles. The molecule has 3 heterocycles. The summed E-state index contributed by atoms with van der Waals surface area (Å²) in [5, 5.41) is 4.99. The number of amides is 2. The zero-order valence-electron chi connectivity index (χ0n) is 21.7. The van der Waals surface area contributed by atoms with Gasteiger partial charge in [0, 0.05) is 48.9 Å². The largest absolute Gasteiger partial charge is 0.482 e. The number of hydrogen-bond donors (Lipinski definition) is 1. The van der Waals surface area contributed by atoms with Gasteiger partial charge in [-0.2, -0.15) is 0 Å². The fourth-order valence-electron chi connectivity index (χ4n) is 3.70. The molecule has 0 bridgehead atoms. The van der Waals surface area contributed by atoms with Crippen LogP contribution in [0.5, 0.6) is 5.75 Å². The van der Waals surface area contributed by atoms with E-state index in [2.05, 4.69) is 20.2 Å². The zero-order chi connectivity index (χ0) is 27.1. The van der Waals surface area contributed by atoms with Crippen molar-refractivity contribution in [2.24, 2.45) is 5.92 Å². The van der Waals surface area contributed by atoms with Gasteiger partial charge in [-0.1, -0.05) is 19.9 Å². The first-order chi connectivity index (χ1) is 18.3. The summed E-state index contributed by atoms with van der Waals surface area (Å²) in [5.74, 6) is -0.753. The predicted octanol–water partition coefficient (Wildman–Crippen LogP) is 3.42. The van der Waals surface area contributed by atoms with Gasteiger partial charge in [0.2, 0.25) is 0 Å². The third-order valence-electron chi connectivity index (χ3n) is 5.79. The topological polar surface area (TPSA) is 114 Å².